The van der Waals surface area contributed by atoms with E-state index in [1.54, 1.807) is 7.11 Å². The molecule has 3 rings (SSSR count). The number of nitrogens with zero attached hydrogens (tertiary/aromatic N) is 1. The molecular formula is C20H19ClN2O6. The predicted molar refractivity (Wildman–Crippen MR) is 93.8 cm³/mol. The van der Waals surface area contributed by atoms with E-state index in [-0.39, 0.29) is 12.3 Å². The summed E-state index contributed by atoms with van der Waals surface area (Å²) in [6.07, 6.45) is 3.91. The van der Waals surface area contributed by atoms with Gasteiger partial charge in [-0.3, -0.25) is 4.79 Å². The van der Waals surface area contributed by atoms with Crippen molar-refractivity contribution in [3.05, 3.63) is 84.7 Å². The van der Waals surface area contributed by atoms with Gasteiger partial charge in [-0.05, 0) is 12.1 Å². The Bertz CT molecular complexity index is 911. The molecule has 8 nitrogen and oxygen atoms in total. The fourth-order valence-corrected chi connectivity index (χ4v) is 2.47. The Labute approximate surface area is 170 Å². The maximum absolute atomic E-state index is 12.2. The number of anilines is 1. The monoisotopic (exact) mass is 418 g/mol. The molecule has 0 bridgehead atoms. The molecule has 0 saturated carbocycles. The van der Waals surface area contributed by atoms with Crippen LogP contribution in [-0.4, -0.2) is 19.4 Å². The van der Waals surface area contributed by atoms with E-state index in [1.807, 2.05) is 83.7 Å². The van der Waals surface area contributed by atoms with Crippen molar-refractivity contribution in [1.82, 2.24) is 0 Å². The Kier molecular flexibility index (Phi) is 8.08. The molecule has 0 saturated heterocycles. The van der Waals surface area contributed by atoms with Crippen molar-refractivity contribution < 1.29 is 43.0 Å². The number of Topliss-reactive ketones (excluding diaryl/α,β-unsaturated/α-hetero) is 1. The van der Waals surface area contributed by atoms with Gasteiger partial charge in [0.15, 0.2) is 23.9 Å². The minimum absolute atomic E-state index is 0.0559. The zero-order valence-electron chi connectivity index (χ0n) is 15.5. The van der Waals surface area contributed by atoms with Gasteiger partial charge in [0.2, 0.25) is 0 Å². The molecule has 0 unspecified atom stereocenters. The molecule has 1 aromatic heterocycles. The van der Waals surface area contributed by atoms with Crippen LogP contribution in [0.3, 0.4) is 0 Å². The highest BCUT2D eigenvalue weighted by Gasteiger charge is 2.14. The fourth-order valence-electron chi connectivity index (χ4n) is 2.47. The number of hydrogen-bond acceptors (Lipinski definition) is 7. The Morgan fingerprint density at radius 1 is 0.966 bits per heavy atom. The summed E-state index contributed by atoms with van der Waals surface area (Å²) in [5.74, 6) is 0.825. The van der Waals surface area contributed by atoms with Crippen LogP contribution in [0.15, 0.2) is 79.1 Å². The van der Waals surface area contributed by atoms with Gasteiger partial charge >= 0.3 is 0 Å². The zero-order valence-corrected chi connectivity index (χ0v) is 16.2. The van der Waals surface area contributed by atoms with Crippen LogP contribution in [0, 0.1) is 10.2 Å². The van der Waals surface area contributed by atoms with Crippen molar-refractivity contribution >= 4 is 11.5 Å². The van der Waals surface area contributed by atoms with E-state index in [2.05, 4.69) is 5.32 Å². The molecule has 0 aliphatic heterocycles. The number of carbonyl (C=O) groups is 1. The molecule has 0 radical (unpaired) electrons. The maximum Gasteiger partial charge on any atom is 0.254 e. The average Bonchev–Trinajstić information content (AvgIpc) is 2.72. The second-order valence-corrected chi connectivity index (χ2v) is 6.45. The molecular weight excluding hydrogens is 400 g/mol. The Balaban J connectivity index is 0.000000537. The largest absolute Gasteiger partial charge is 0.490 e. The maximum atomic E-state index is 12.2. The summed E-state index contributed by atoms with van der Waals surface area (Å²) in [6.45, 7) is 0.245. The summed E-state index contributed by atoms with van der Waals surface area (Å²) in [5.41, 5.74) is 2.48. The van der Waals surface area contributed by atoms with Crippen LogP contribution in [0.25, 0.3) is 5.69 Å². The van der Waals surface area contributed by atoms with Crippen LogP contribution >= 0.6 is 0 Å². The first kappa shape index (κ1) is 22.3. The highest BCUT2D eigenvalue weighted by Crippen LogP contribution is 2.22. The van der Waals surface area contributed by atoms with E-state index in [9.17, 15) is 4.79 Å². The molecule has 2 aromatic carbocycles. The van der Waals surface area contributed by atoms with Gasteiger partial charge < -0.3 is 10.1 Å². The number of hydrogen-bond donors (Lipinski definition) is 1. The second-order valence-electron chi connectivity index (χ2n) is 5.69. The van der Waals surface area contributed by atoms with Crippen molar-refractivity contribution in [2.45, 2.75) is 0 Å². The highest BCUT2D eigenvalue weighted by atomic mass is 35.7. The van der Waals surface area contributed by atoms with E-state index < -0.39 is 10.2 Å². The third kappa shape index (κ3) is 7.86. The lowest BCUT2D eigenvalue weighted by molar-refractivity contribution is -2.00. The normalized spacial score (nSPS) is 10.5. The molecule has 1 N–H and O–H groups in total. The zero-order chi connectivity index (χ0) is 21.3. The first-order chi connectivity index (χ1) is 13.8. The Morgan fingerprint density at radius 3 is 2.14 bits per heavy atom. The lowest BCUT2D eigenvalue weighted by atomic mass is 10.1. The third-order valence-electron chi connectivity index (χ3n) is 3.72. The van der Waals surface area contributed by atoms with Crippen molar-refractivity contribution in [2.24, 2.45) is 0 Å². The van der Waals surface area contributed by atoms with Gasteiger partial charge in [0.25, 0.3) is 5.69 Å². The molecule has 9 heteroatoms. The third-order valence-corrected chi connectivity index (χ3v) is 3.72. The van der Waals surface area contributed by atoms with Gasteiger partial charge in [-0.15, -0.1) is 10.2 Å². The molecule has 0 atom stereocenters. The lowest BCUT2D eigenvalue weighted by Crippen LogP contribution is -2.68. The number of carbonyl (C=O) groups excluding carboxylic acids is 1. The van der Waals surface area contributed by atoms with E-state index in [4.69, 9.17) is 23.4 Å². The number of pyridine rings is 1. The molecule has 0 spiro atoms. The lowest BCUT2D eigenvalue weighted by Gasteiger charge is -2.17. The number of rotatable bonds is 6. The van der Waals surface area contributed by atoms with Gasteiger partial charge in [0, 0.05) is 29.4 Å². The molecule has 152 valence electrons. The standard InChI is InChI=1S/C20H19N2O2.ClHO4/c1-24-20-11-10-17(14-18(20)22-12-6-3-7-13-22)21-15-19(23)16-8-4-2-5-9-16;2-1(3,4)5/h2-14,21H,15H2,1H3;(H,2,3,4,5)/q+1;/p-1. The van der Waals surface area contributed by atoms with Crippen molar-refractivity contribution in [3.8, 4) is 11.4 Å². The van der Waals surface area contributed by atoms with E-state index in [1.165, 1.54) is 0 Å². The topological polar surface area (TPSA) is 134 Å². The van der Waals surface area contributed by atoms with Crippen molar-refractivity contribution in [2.75, 3.05) is 19.0 Å². The Hall–Kier alpha value is -3.01. The second kappa shape index (κ2) is 10.5. The van der Waals surface area contributed by atoms with Gasteiger partial charge in [-0.2, -0.15) is 4.57 Å². The number of aromatic nitrogens is 1. The van der Waals surface area contributed by atoms with Crippen LogP contribution in [-0.2, 0) is 0 Å². The summed E-state index contributed by atoms with van der Waals surface area (Å²) in [6, 6.07) is 20.9. The smallest absolute Gasteiger partial charge is 0.254 e. The predicted octanol–water partition coefficient (Wildman–Crippen LogP) is -1.49. The molecule has 0 aliphatic rings. The minimum atomic E-state index is -4.94. The molecule has 3 aromatic rings. The quantitative estimate of drug-likeness (QED) is 0.380. The number of ether oxygens (including phenoxy) is 1. The fraction of sp³-hybridized carbons (Fsp3) is 0.100. The van der Waals surface area contributed by atoms with Crippen LogP contribution in [0.5, 0.6) is 5.75 Å². The SMILES string of the molecule is COc1ccc(NCC(=O)c2ccccc2)cc1-[n+]1ccccc1.[O-][Cl+3]([O-])([O-])[O-]. The summed E-state index contributed by atoms with van der Waals surface area (Å²) >= 11 is 0. The number of methoxy groups -OCH3 is 1. The molecule has 0 amide bonds. The van der Waals surface area contributed by atoms with Gasteiger partial charge in [-0.25, -0.2) is 18.6 Å². The number of halogens is 1. The molecule has 29 heavy (non-hydrogen) atoms. The summed E-state index contributed by atoms with van der Waals surface area (Å²) < 4.78 is 41.4. The van der Waals surface area contributed by atoms with E-state index in [0.717, 1.165) is 17.1 Å². The van der Waals surface area contributed by atoms with Crippen molar-refractivity contribution in [1.29, 1.82) is 0 Å². The van der Waals surface area contributed by atoms with Crippen LogP contribution in [0.2, 0.25) is 0 Å². The van der Waals surface area contributed by atoms with Gasteiger partial charge in [0.05, 0.1) is 13.7 Å². The van der Waals surface area contributed by atoms with Crippen LogP contribution in [0.1, 0.15) is 10.4 Å². The Morgan fingerprint density at radius 2 is 1.55 bits per heavy atom. The van der Waals surface area contributed by atoms with E-state index in [0.29, 0.717) is 5.56 Å². The average molecular weight is 419 g/mol. The van der Waals surface area contributed by atoms with E-state index >= 15 is 0 Å². The van der Waals surface area contributed by atoms with Crippen LogP contribution < -0.4 is 33.3 Å². The summed E-state index contributed by atoms with van der Waals surface area (Å²) in [4.78, 5) is 12.2. The number of ketones is 1. The highest BCUT2D eigenvalue weighted by molar-refractivity contribution is 5.98. The molecule has 0 fully saturated rings. The number of benzene rings is 2. The van der Waals surface area contributed by atoms with Gasteiger partial charge in [0.1, 0.15) is 0 Å². The van der Waals surface area contributed by atoms with Crippen LogP contribution in [0.4, 0.5) is 5.69 Å². The molecule has 1 heterocycles. The first-order valence-electron chi connectivity index (χ1n) is 8.36. The summed E-state index contributed by atoms with van der Waals surface area (Å²) in [5, 5.41) is 3.19. The first-order valence-corrected chi connectivity index (χ1v) is 9.60. The summed E-state index contributed by atoms with van der Waals surface area (Å²) in [7, 11) is -3.30. The van der Waals surface area contributed by atoms with Gasteiger partial charge in [-0.1, -0.05) is 36.4 Å². The number of nitrogens with one attached hydrogen (secondary N) is 1. The van der Waals surface area contributed by atoms with Crippen molar-refractivity contribution in [3.63, 3.8) is 0 Å². The minimum Gasteiger partial charge on any atom is -0.490 e. The molecule has 0 aliphatic carbocycles.